The molecule has 2 rings (SSSR count). The molecule has 1 heterocycles. The number of benzene rings is 1. The van der Waals surface area contributed by atoms with Gasteiger partial charge in [0.1, 0.15) is 0 Å². The fraction of sp³-hybridized carbons (Fsp3) is 0.444. The lowest BCUT2D eigenvalue weighted by Crippen LogP contribution is -2.30. The van der Waals surface area contributed by atoms with E-state index in [2.05, 4.69) is 44.9 Å². The second-order valence-electron chi connectivity index (χ2n) is 6.19. The molecule has 4 heteroatoms. The highest BCUT2D eigenvalue weighted by molar-refractivity contribution is 5.95. The molecular formula is C18H25N3O. The van der Waals surface area contributed by atoms with E-state index >= 15 is 0 Å². The van der Waals surface area contributed by atoms with Gasteiger partial charge >= 0.3 is 0 Å². The van der Waals surface area contributed by atoms with E-state index in [-0.39, 0.29) is 5.91 Å². The van der Waals surface area contributed by atoms with Crippen molar-refractivity contribution in [3.05, 3.63) is 47.3 Å². The molecule has 0 radical (unpaired) electrons. The van der Waals surface area contributed by atoms with Crippen molar-refractivity contribution < 1.29 is 4.79 Å². The summed E-state index contributed by atoms with van der Waals surface area (Å²) in [5, 5.41) is 4.44. The lowest BCUT2D eigenvalue weighted by Gasteiger charge is -2.19. The zero-order valence-electron chi connectivity index (χ0n) is 14.1. The van der Waals surface area contributed by atoms with Gasteiger partial charge in [-0.3, -0.25) is 4.79 Å². The summed E-state index contributed by atoms with van der Waals surface area (Å²) in [7, 11) is 1.85. The number of hydrogen-bond donors (Lipinski definition) is 0. The predicted octanol–water partition coefficient (Wildman–Crippen LogP) is 3.47. The van der Waals surface area contributed by atoms with Crippen molar-refractivity contribution in [1.82, 2.24) is 14.7 Å². The van der Waals surface area contributed by atoms with Crippen molar-refractivity contribution >= 4 is 5.91 Å². The van der Waals surface area contributed by atoms with Crippen LogP contribution in [0.25, 0.3) is 5.69 Å². The molecule has 0 bridgehead atoms. The van der Waals surface area contributed by atoms with Crippen LogP contribution in [0.4, 0.5) is 0 Å². The van der Waals surface area contributed by atoms with E-state index < -0.39 is 0 Å². The smallest absolute Gasteiger partial charge is 0.257 e. The van der Waals surface area contributed by atoms with Gasteiger partial charge in [0.2, 0.25) is 0 Å². The zero-order valence-corrected chi connectivity index (χ0v) is 14.1. The van der Waals surface area contributed by atoms with E-state index in [0.29, 0.717) is 11.5 Å². The average Bonchev–Trinajstić information content (AvgIpc) is 2.90. The fourth-order valence-corrected chi connectivity index (χ4v) is 2.64. The molecule has 22 heavy (non-hydrogen) atoms. The van der Waals surface area contributed by atoms with Crippen LogP contribution in [0.2, 0.25) is 0 Å². The summed E-state index contributed by atoms with van der Waals surface area (Å²) >= 11 is 0. The molecule has 0 spiro atoms. The van der Waals surface area contributed by atoms with Crippen molar-refractivity contribution in [2.75, 3.05) is 13.6 Å². The number of aryl methyl sites for hydroxylation is 1. The van der Waals surface area contributed by atoms with Crippen LogP contribution < -0.4 is 0 Å². The SMILES string of the molecule is CCc1c(C(=O)N(C)CC(C)C)cnn1-c1ccc(C)cc1. The maximum Gasteiger partial charge on any atom is 0.257 e. The maximum atomic E-state index is 12.6. The van der Waals surface area contributed by atoms with Gasteiger partial charge in [-0.1, -0.05) is 38.5 Å². The molecule has 1 amide bonds. The average molecular weight is 299 g/mol. The minimum atomic E-state index is 0.0453. The molecule has 0 fully saturated rings. The van der Waals surface area contributed by atoms with Crippen molar-refractivity contribution in [3.8, 4) is 5.69 Å². The molecule has 0 saturated heterocycles. The standard InChI is InChI=1S/C18H25N3O/c1-6-17-16(18(22)20(5)12-13(2)3)11-19-21(17)15-9-7-14(4)8-10-15/h7-11,13H,6,12H2,1-5H3. The Balaban J connectivity index is 2.35. The summed E-state index contributed by atoms with van der Waals surface area (Å²) in [5.41, 5.74) is 3.87. The van der Waals surface area contributed by atoms with Gasteiger partial charge in [0.15, 0.2) is 0 Å². The molecule has 0 unspecified atom stereocenters. The van der Waals surface area contributed by atoms with E-state index in [1.165, 1.54) is 5.56 Å². The molecule has 0 aliphatic heterocycles. The van der Waals surface area contributed by atoms with Gasteiger partial charge < -0.3 is 4.90 Å². The first-order valence-corrected chi connectivity index (χ1v) is 7.83. The molecule has 0 saturated carbocycles. The van der Waals surface area contributed by atoms with Gasteiger partial charge in [0.05, 0.1) is 23.1 Å². The van der Waals surface area contributed by atoms with Crippen molar-refractivity contribution in [1.29, 1.82) is 0 Å². The topological polar surface area (TPSA) is 38.1 Å². The molecule has 4 nitrogen and oxygen atoms in total. The third kappa shape index (κ3) is 3.38. The Bertz CT molecular complexity index is 641. The fourth-order valence-electron chi connectivity index (χ4n) is 2.64. The van der Waals surface area contributed by atoms with Crippen LogP contribution in [-0.2, 0) is 6.42 Å². The third-order valence-corrected chi connectivity index (χ3v) is 3.70. The van der Waals surface area contributed by atoms with Crippen LogP contribution in [0.1, 0.15) is 42.4 Å². The Kier molecular flexibility index (Phi) is 5.01. The summed E-state index contributed by atoms with van der Waals surface area (Å²) in [6.07, 6.45) is 2.46. The molecule has 1 aromatic carbocycles. The molecule has 0 aliphatic carbocycles. The Morgan fingerprint density at radius 1 is 1.27 bits per heavy atom. The van der Waals surface area contributed by atoms with Crippen molar-refractivity contribution in [3.63, 3.8) is 0 Å². The highest BCUT2D eigenvalue weighted by Gasteiger charge is 2.20. The van der Waals surface area contributed by atoms with Crippen LogP contribution in [0, 0.1) is 12.8 Å². The van der Waals surface area contributed by atoms with Crippen LogP contribution in [0.3, 0.4) is 0 Å². The molecule has 0 atom stereocenters. The number of nitrogens with zero attached hydrogens (tertiary/aromatic N) is 3. The molecule has 0 N–H and O–H groups in total. The molecule has 2 aromatic rings. The normalized spacial score (nSPS) is 11.0. The Labute approximate surface area is 132 Å². The molecule has 118 valence electrons. The summed E-state index contributed by atoms with van der Waals surface area (Å²) < 4.78 is 1.87. The molecular weight excluding hydrogens is 274 g/mol. The van der Waals surface area contributed by atoms with E-state index in [0.717, 1.165) is 24.3 Å². The van der Waals surface area contributed by atoms with Crippen molar-refractivity contribution in [2.24, 2.45) is 5.92 Å². The summed E-state index contributed by atoms with van der Waals surface area (Å²) in [5.74, 6) is 0.495. The van der Waals surface area contributed by atoms with E-state index in [4.69, 9.17) is 0 Å². The summed E-state index contributed by atoms with van der Waals surface area (Å²) in [6.45, 7) is 9.09. The Morgan fingerprint density at radius 2 is 1.91 bits per heavy atom. The zero-order chi connectivity index (χ0) is 16.3. The lowest BCUT2D eigenvalue weighted by molar-refractivity contribution is 0.0778. The van der Waals surface area contributed by atoms with Crippen LogP contribution in [0.15, 0.2) is 30.5 Å². The van der Waals surface area contributed by atoms with Crippen molar-refractivity contribution in [2.45, 2.75) is 34.1 Å². The van der Waals surface area contributed by atoms with Crippen LogP contribution in [-0.4, -0.2) is 34.2 Å². The van der Waals surface area contributed by atoms with Gasteiger partial charge in [-0.05, 0) is 31.4 Å². The second kappa shape index (κ2) is 6.77. The van der Waals surface area contributed by atoms with E-state index in [1.807, 2.05) is 23.9 Å². The number of carbonyl (C=O) groups excluding carboxylic acids is 1. The number of hydrogen-bond acceptors (Lipinski definition) is 2. The molecule has 1 aromatic heterocycles. The van der Waals surface area contributed by atoms with Gasteiger partial charge in [-0.2, -0.15) is 5.10 Å². The Morgan fingerprint density at radius 3 is 2.45 bits per heavy atom. The lowest BCUT2D eigenvalue weighted by atomic mass is 10.1. The first-order valence-electron chi connectivity index (χ1n) is 7.83. The number of rotatable bonds is 5. The highest BCUT2D eigenvalue weighted by Crippen LogP contribution is 2.18. The number of carbonyl (C=O) groups is 1. The Hall–Kier alpha value is -2.10. The molecule has 0 aliphatic rings. The quantitative estimate of drug-likeness (QED) is 0.848. The monoisotopic (exact) mass is 299 g/mol. The van der Waals surface area contributed by atoms with Crippen LogP contribution >= 0.6 is 0 Å². The first-order chi connectivity index (χ1) is 10.4. The minimum Gasteiger partial charge on any atom is -0.341 e. The third-order valence-electron chi connectivity index (χ3n) is 3.70. The van der Waals surface area contributed by atoms with Gasteiger partial charge in [0, 0.05) is 13.6 Å². The summed E-state index contributed by atoms with van der Waals surface area (Å²) in [4.78, 5) is 14.4. The number of aromatic nitrogens is 2. The predicted molar refractivity (Wildman–Crippen MR) is 89.5 cm³/mol. The van der Waals surface area contributed by atoms with E-state index in [9.17, 15) is 4.79 Å². The largest absolute Gasteiger partial charge is 0.341 e. The van der Waals surface area contributed by atoms with Gasteiger partial charge in [0.25, 0.3) is 5.91 Å². The van der Waals surface area contributed by atoms with Gasteiger partial charge in [-0.15, -0.1) is 0 Å². The maximum absolute atomic E-state index is 12.6. The van der Waals surface area contributed by atoms with Gasteiger partial charge in [-0.25, -0.2) is 4.68 Å². The van der Waals surface area contributed by atoms with Crippen LogP contribution in [0.5, 0.6) is 0 Å². The van der Waals surface area contributed by atoms with E-state index in [1.54, 1.807) is 11.1 Å². The number of amides is 1. The second-order valence-corrected chi connectivity index (χ2v) is 6.19. The first kappa shape index (κ1) is 16.3. The highest BCUT2D eigenvalue weighted by atomic mass is 16.2. The summed E-state index contributed by atoms with van der Waals surface area (Å²) in [6, 6.07) is 8.19. The minimum absolute atomic E-state index is 0.0453.